The van der Waals surface area contributed by atoms with Crippen LogP contribution in [0.4, 0.5) is 28.8 Å². The summed E-state index contributed by atoms with van der Waals surface area (Å²) >= 11 is 6.15. The van der Waals surface area contributed by atoms with Gasteiger partial charge in [0.15, 0.2) is 9.84 Å². The lowest BCUT2D eigenvalue weighted by molar-refractivity contribution is 0.0982. The van der Waals surface area contributed by atoms with Crippen LogP contribution in [0.2, 0.25) is 5.02 Å². The summed E-state index contributed by atoms with van der Waals surface area (Å²) in [6.45, 7) is 9.74. The average molecular weight is 614 g/mol. The number of aromatic nitrogens is 2. The Morgan fingerprint density at radius 2 is 1.71 bits per heavy atom. The van der Waals surface area contributed by atoms with Crippen LogP contribution in [0.5, 0.6) is 5.75 Å². The van der Waals surface area contributed by atoms with Crippen molar-refractivity contribution in [3.63, 3.8) is 0 Å². The van der Waals surface area contributed by atoms with E-state index in [1.807, 2.05) is 18.2 Å². The number of rotatable bonds is 8. The summed E-state index contributed by atoms with van der Waals surface area (Å²) in [5.74, 6) is 0.833. The molecule has 2 aromatic carbocycles. The molecule has 1 aromatic heterocycles. The fourth-order valence-corrected chi connectivity index (χ4v) is 7.00. The first-order chi connectivity index (χ1) is 20.1. The maximum atomic E-state index is 13.5. The maximum Gasteiger partial charge on any atom is 0.236 e. The molecule has 3 aromatic rings. The number of sulfone groups is 1. The van der Waals surface area contributed by atoms with Crippen molar-refractivity contribution in [1.29, 1.82) is 0 Å². The first-order valence-electron chi connectivity index (χ1n) is 14.4. The summed E-state index contributed by atoms with van der Waals surface area (Å²) in [5.41, 5.74) is 8.11. The predicted molar refractivity (Wildman–Crippen MR) is 169 cm³/mol. The smallest absolute Gasteiger partial charge is 0.236 e. The van der Waals surface area contributed by atoms with Gasteiger partial charge in [0, 0.05) is 57.1 Å². The molecule has 0 saturated carbocycles. The Bertz CT molecular complexity index is 1500. The van der Waals surface area contributed by atoms with Gasteiger partial charge in [-0.05, 0) is 58.0 Å². The van der Waals surface area contributed by atoms with E-state index in [1.54, 1.807) is 50.1 Å². The number of halogens is 1. The van der Waals surface area contributed by atoms with Crippen LogP contribution in [0.15, 0.2) is 53.6 Å². The lowest BCUT2D eigenvalue weighted by Gasteiger charge is -2.42. The summed E-state index contributed by atoms with van der Waals surface area (Å²) < 4.78 is 32.8. The summed E-state index contributed by atoms with van der Waals surface area (Å²) in [6, 6.07) is 13.4. The van der Waals surface area contributed by atoms with Crippen LogP contribution in [0.1, 0.15) is 26.7 Å². The van der Waals surface area contributed by atoms with E-state index >= 15 is 0 Å². The molecule has 0 unspecified atom stereocenters. The van der Waals surface area contributed by atoms with E-state index in [0.717, 1.165) is 57.8 Å². The lowest BCUT2D eigenvalue weighted by atomic mass is 10.0. The molecule has 0 bridgehead atoms. The van der Waals surface area contributed by atoms with Crippen molar-refractivity contribution in [2.24, 2.45) is 0 Å². The number of nitrogen functional groups attached to an aromatic ring is 1. The van der Waals surface area contributed by atoms with E-state index in [1.165, 1.54) is 6.20 Å². The second kappa shape index (κ2) is 12.6. The van der Waals surface area contributed by atoms with Crippen LogP contribution in [0.3, 0.4) is 0 Å². The Hall–Kier alpha value is -3.12. The molecule has 0 radical (unpaired) electrons. The number of ether oxygens (including phenoxy) is 1. The fourth-order valence-electron chi connectivity index (χ4n) is 5.68. The number of methoxy groups -OCH3 is 1. The van der Waals surface area contributed by atoms with Gasteiger partial charge in [-0.15, -0.1) is 0 Å². The van der Waals surface area contributed by atoms with E-state index in [0.29, 0.717) is 23.2 Å². The summed E-state index contributed by atoms with van der Waals surface area (Å²) in [6.07, 6.45) is 3.63. The third-order valence-corrected chi connectivity index (χ3v) is 10.8. The quantitative estimate of drug-likeness (QED) is 0.387. The van der Waals surface area contributed by atoms with Crippen LogP contribution in [0.25, 0.3) is 0 Å². The van der Waals surface area contributed by atoms with Gasteiger partial charge >= 0.3 is 0 Å². The number of para-hydroxylation sites is 1. The Kier molecular flexibility index (Phi) is 9.12. The van der Waals surface area contributed by atoms with Gasteiger partial charge < -0.3 is 20.3 Å². The molecule has 12 heteroatoms. The van der Waals surface area contributed by atoms with E-state index in [9.17, 15) is 8.42 Å². The minimum absolute atomic E-state index is 0.0923. The highest BCUT2D eigenvalue weighted by atomic mass is 35.5. The minimum Gasteiger partial charge on any atom is -0.494 e. The number of nitrogens with zero attached hydrogens (tertiary/aromatic N) is 6. The minimum atomic E-state index is -3.66. The van der Waals surface area contributed by atoms with E-state index < -0.39 is 15.1 Å². The van der Waals surface area contributed by atoms with Crippen molar-refractivity contribution in [1.82, 2.24) is 19.8 Å². The monoisotopic (exact) mass is 613 g/mol. The van der Waals surface area contributed by atoms with Gasteiger partial charge in [-0.2, -0.15) is 4.98 Å². The zero-order chi connectivity index (χ0) is 30.0. The largest absolute Gasteiger partial charge is 0.494 e. The van der Waals surface area contributed by atoms with E-state index in [-0.39, 0.29) is 21.7 Å². The molecule has 5 rings (SSSR count). The molecule has 0 amide bonds. The van der Waals surface area contributed by atoms with E-state index in [4.69, 9.17) is 22.1 Å². The van der Waals surface area contributed by atoms with Crippen LogP contribution in [0, 0.1) is 0 Å². The molecule has 2 aliphatic rings. The van der Waals surface area contributed by atoms with Gasteiger partial charge in [-0.25, -0.2) is 13.4 Å². The number of hydrogen-bond acceptors (Lipinski definition) is 10. The van der Waals surface area contributed by atoms with Gasteiger partial charge in [0.1, 0.15) is 16.6 Å². The molecular formula is C30H40ClN7O3S. The third-order valence-electron chi connectivity index (χ3n) is 8.28. The molecular weight excluding hydrogens is 574 g/mol. The van der Waals surface area contributed by atoms with E-state index in [2.05, 4.69) is 31.7 Å². The number of benzene rings is 2. The van der Waals surface area contributed by atoms with Gasteiger partial charge in [0.2, 0.25) is 5.95 Å². The molecule has 10 nitrogen and oxygen atoms in total. The molecule has 0 aliphatic carbocycles. The highest BCUT2D eigenvalue weighted by Crippen LogP contribution is 2.44. The first kappa shape index (κ1) is 30.3. The molecule has 0 atom stereocenters. The average Bonchev–Trinajstić information content (AvgIpc) is 3.00. The molecule has 2 fully saturated rings. The summed E-state index contributed by atoms with van der Waals surface area (Å²) in [5, 5.41) is -0.418. The number of nitrogens with two attached hydrogens (primary N) is 1. The van der Waals surface area contributed by atoms with Crippen LogP contribution in [-0.2, 0) is 9.84 Å². The number of piperidine rings is 1. The lowest BCUT2D eigenvalue weighted by Crippen LogP contribution is -2.52. The molecule has 0 spiro atoms. The highest BCUT2D eigenvalue weighted by Gasteiger charge is 2.31. The molecule has 2 saturated heterocycles. The molecule has 2 aliphatic heterocycles. The summed E-state index contributed by atoms with van der Waals surface area (Å²) in [4.78, 5) is 18.1. The van der Waals surface area contributed by atoms with Gasteiger partial charge in [-0.3, -0.25) is 9.80 Å². The van der Waals surface area contributed by atoms with Crippen LogP contribution >= 0.6 is 11.6 Å². The van der Waals surface area contributed by atoms with Crippen LogP contribution < -0.4 is 20.3 Å². The third kappa shape index (κ3) is 6.15. The van der Waals surface area contributed by atoms with Crippen molar-refractivity contribution in [2.75, 3.05) is 69.0 Å². The van der Waals surface area contributed by atoms with Crippen molar-refractivity contribution in [3.05, 3.63) is 53.7 Å². The number of likely N-dealkylation sites (N-methyl/N-ethyl adjacent to an activating group) is 1. The molecule has 3 heterocycles. The number of anilines is 5. The Balaban J connectivity index is 1.50. The van der Waals surface area contributed by atoms with Crippen molar-refractivity contribution in [2.45, 2.75) is 42.9 Å². The zero-order valence-corrected chi connectivity index (χ0v) is 26.3. The molecule has 2 N–H and O–H groups in total. The maximum absolute atomic E-state index is 13.5. The van der Waals surface area contributed by atoms with Gasteiger partial charge in [0.25, 0.3) is 0 Å². The zero-order valence-electron chi connectivity index (χ0n) is 24.7. The second-order valence-electron chi connectivity index (χ2n) is 11.2. The number of piperazine rings is 1. The predicted octanol–water partition coefficient (Wildman–Crippen LogP) is 4.59. The molecule has 42 heavy (non-hydrogen) atoms. The van der Waals surface area contributed by atoms with Gasteiger partial charge in [0.05, 0.1) is 34.8 Å². The fraction of sp³-hybridized carbons (Fsp3) is 0.467. The Labute approximate surface area is 254 Å². The first-order valence-corrected chi connectivity index (χ1v) is 16.3. The normalized spacial score (nSPS) is 17.5. The van der Waals surface area contributed by atoms with Gasteiger partial charge in [-0.1, -0.05) is 23.7 Å². The number of hydrogen-bond donors (Lipinski definition) is 1. The standard InChI is InChI=1S/C30H40ClN7O3S/c1-21(2)42(39,40)28-8-6-5-7-26(28)38(30-33-20-24(31)29(32)34-30)25-10-9-23(19-27(25)41-4)36-13-11-22(12-14-36)37-17-15-35(3)16-18-37/h5-10,19-22H,11-18H2,1-4H3,(H2,32,33,34). The Morgan fingerprint density at radius 3 is 2.36 bits per heavy atom. The summed E-state index contributed by atoms with van der Waals surface area (Å²) in [7, 11) is 0.134. The van der Waals surface area contributed by atoms with Crippen molar-refractivity contribution >= 4 is 50.3 Å². The Morgan fingerprint density at radius 1 is 1.02 bits per heavy atom. The highest BCUT2D eigenvalue weighted by molar-refractivity contribution is 7.92. The second-order valence-corrected chi connectivity index (χ2v) is 14.1. The topological polar surface area (TPSA) is 108 Å². The SMILES string of the molecule is COc1cc(N2CCC(N3CCN(C)CC3)CC2)ccc1N(c1ncc(Cl)c(N)n1)c1ccccc1S(=O)(=O)C(C)C. The van der Waals surface area contributed by atoms with Crippen LogP contribution in [-0.4, -0.2) is 92.9 Å². The van der Waals surface area contributed by atoms with Crippen molar-refractivity contribution < 1.29 is 13.2 Å². The van der Waals surface area contributed by atoms with Crippen molar-refractivity contribution in [3.8, 4) is 5.75 Å². The molecule has 226 valence electrons.